The third kappa shape index (κ3) is 2.56. The molecule has 4 nitrogen and oxygen atoms in total. The predicted molar refractivity (Wildman–Crippen MR) is 67.3 cm³/mol. The van der Waals surface area contributed by atoms with Gasteiger partial charge in [-0.1, -0.05) is 15.9 Å². The summed E-state index contributed by atoms with van der Waals surface area (Å²) in [6.45, 7) is 2.56. The Labute approximate surface area is 108 Å². The third-order valence-electron chi connectivity index (χ3n) is 2.61. The van der Waals surface area contributed by atoms with Crippen LogP contribution in [0.25, 0.3) is 0 Å². The first-order valence-corrected chi connectivity index (χ1v) is 6.07. The molecule has 2 rings (SSSR count). The highest BCUT2D eigenvalue weighted by Crippen LogP contribution is 2.26. The molecule has 1 amide bonds. The summed E-state index contributed by atoms with van der Waals surface area (Å²) in [7, 11) is 0. The molecular weight excluding hydrogens is 286 g/mol. The van der Waals surface area contributed by atoms with Gasteiger partial charge >= 0.3 is 0 Å². The number of morpholine rings is 1. The van der Waals surface area contributed by atoms with Crippen molar-refractivity contribution in [1.29, 1.82) is 0 Å². The number of rotatable bonds is 2. The van der Waals surface area contributed by atoms with Crippen LogP contribution >= 0.6 is 15.9 Å². The number of carbonyl (C=O) groups is 2. The first-order valence-electron chi connectivity index (χ1n) is 5.28. The van der Waals surface area contributed by atoms with Crippen LogP contribution in [0.5, 0.6) is 0 Å². The van der Waals surface area contributed by atoms with Crippen LogP contribution in [-0.4, -0.2) is 31.4 Å². The van der Waals surface area contributed by atoms with Crippen LogP contribution in [0.2, 0.25) is 0 Å². The van der Waals surface area contributed by atoms with Gasteiger partial charge in [0.05, 0.1) is 12.3 Å². The van der Waals surface area contributed by atoms with Crippen LogP contribution in [-0.2, 0) is 9.53 Å². The first-order chi connectivity index (χ1) is 8.09. The number of benzene rings is 1. The van der Waals surface area contributed by atoms with Gasteiger partial charge in [-0.3, -0.25) is 9.59 Å². The van der Waals surface area contributed by atoms with Crippen molar-refractivity contribution in [2.45, 2.75) is 6.92 Å². The van der Waals surface area contributed by atoms with E-state index in [4.69, 9.17) is 4.74 Å². The molecule has 0 radical (unpaired) electrons. The van der Waals surface area contributed by atoms with E-state index in [1.807, 2.05) is 6.07 Å². The molecule has 0 aliphatic carbocycles. The monoisotopic (exact) mass is 297 g/mol. The van der Waals surface area contributed by atoms with E-state index in [-0.39, 0.29) is 18.3 Å². The molecule has 0 N–H and O–H groups in total. The molecule has 1 aromatic rings. The lowest BCUT2D eigenvalue weighted by molar-refractivity contribution is -0.125. The second-order valence-corrected chi connectivity index (χ2v) is 4.73. The van der Waals surface area contributed by atoms with Crippen LogP contribution in [0.4, 0.5) is 5.69 Å². The van der Waals surface area contributed by atoms with Crippen LogP contribution in [0.3, 0.4) is 0 Å². The van der Waals surface area contributed by atoms with Crippen LogP contribution in [0, 0.1) is 0 Å². The molecule has 90 valence electrons. The van der Waals surface area contributed by atoms with Crippen LogP contribution in [0.1, 0.15) is 17.3 Å². The Hall–Kier alpha value is -1.20. The van der Waals surface area contributed by atoms with Crippen molar-refractivity contribution >= 4 is 33.3 Å². The minimum atomic E-state index is -0.110. The number of ketones is 1. The van der Waals surface area contributed by atoms with Crippen molar-refractivity contribution in [2.75, 3.05) is 24.7 Å². The SMILES string of the molecule is CC(=O)c1cc(Br)ccc1N1CCOCC1=O. The Kier molecular flexibility index (Phi) is 3.59. The maximum atomic E-state index is 11.7. The Morgan fingerprint density at radius 3 is 2.88 bits per heavy atom. The van der Waals surface area contributed by atoms with E-state index >= 15 is 0 Å². The van der Waals surface area contributed by atoms with Crippen molar-refractivity contribution < 1.29 is 14.3 Å². The Balaban J connectivity index is 2.43. The van der Waals surface area contributed by atoms with Gasteiger partial charge in [-0.2, -0.15) is 0 Å². The molecule has 1 fully saturated rings. The molecule has 1 saturated heterocycles. The third-order valence-corrected chi connectivity index (χ3v) is 3.11. The zero-order chi connectivity index (χ0) is 12.4. The van der Waals surface area contributed by atoms with Crippen molar-refractivity contribution in [3.05, 3.63) is 28.2 Å². The number of halogens is 1. The quantitative estimate of drug-likeness (QED) is 0.785. The average molecular weight is 298 g/mol. The lowest BCUT2D eigenvalue weighted by Gasteiger charge is -2.28. The normalized spacial score (nSPS) is 16.1. The molecule has 0 atom stereocenters. The van der Waals surface area contributed by atoms with Crippen LogP contribution < -0.4 is 4.90 Å². The average Bonchev–Trinajstić information content (AvgIpc) is 2.30. The van der Waals surface area contributed by atoms with Gasteiger partial charge in [0.15, 0.2) is 5.78 Å². The van der Waals surface area contributed by atoms with Crippen LogP contribution in [0.15, 0.2) is 22.7 Å². The Bertz CT molecular complexity index is 473. The molecule has 1 aromatic carbocycles. The van der Waals surface area contributed by atoms with E-state index in [2.05, 4.69) is 15.9 Å². The highest BCUT2D eigenvalue weighted by atomic mass is 79.9. The van der Waals surface area contributed by atoms with Gasteiger partial charge in [0.1, 0.15) is 6.61 Å². The lowest BCUT2D eigenvalue weighted by Crippen LogP contribution is -2.42. The second kappa shape index (κ2) is 4.98. The largest absolute Gasteiger partial charge is 0.370 e. The van der Waals surface area contributed by atoms with Gasteiger partial charge in [-0.15, -0.1) is 0 Å². The van der Waals surface area contributed by atoms with Crippen molar-refractivity contribution in [3.8, 4) is 0 Å². The van der Waals surface area contributed by atoms with E-state index in [1.165, 1.54) is 6.92 Å². The molecule has 0 saturated carbocycles. The number of anilines is 1. The maximum absolute atomic E-state index is 11.7. The summed E-state index contributed by atoms with van der Waals surface area (Å²) in [4.78, 5) is 24.9. The zero-order valence-electron chi connectivity index (χ0n) is 9.40. The molecule has 0 aromatic heterocycles. The maximum Gasteiger partial charge on any atom is 0.253 e. The summed E-state index contributed by atoms with van der Waals surface area (Å²) in [5.41, 5.74) is 1.21. The number of hydrogen-bond donors (Lipinski definition) is 0. The van der Waals surface area contributed by atoms with Gasteiger partial charge in [0, 0.05) is 16.6 Å². The summed E-state index contributed by atoms with van der Waals surface area (Å²) < 4.78 is 5.90. The summed E-state index contributed by atoms with van der Waals surface area (Å²) in [6.07, 6.45) is 0. The molecule has 0 bridgehead atoms. The minimum Gasteiger partial charge on any atom is -0.370 e. The summed E-state index contributed by atoms with van der Waals surface area (Å²) in [6, 6.07) is 5.34. The smallest absolute Gasteiger partial charge is 0.253 e. The Morgan fingerprint density at radius 2 is 2.24 bits per heavy atom. The fourth-order valence-electron chi connectivity index (χ4n) is 1.80. The topological polar surface area (TPSA) is 46.6 Å². The van der Waals surface area contributed by atoms with Gasteiger partial charge < -0.3 is 9.64 Å². The molecule has 1 aliphatic heterocycles. The van der Waals surface area contributed by atoms with E-state index in [0.29, 0.717) is 24.4 Å². The number of hydrogen-bond acceptors (Lipinski definition) is 3. The minimum absolute atomic E-state index is 0.0550. The fraction of sp³-hybridized carbons (Fsp3) is 0.333. The number of ether oxygens (including phenoxy) is 1. The van der Waals surface area contributed by atoms with Gasteiger partial charge in [-0.25, -0.2) is 0 Å². The molecule has 0 spiro atoms. The zero-order valence-corrected chi connectivity index (χ0v) is 11.0. The number of nitrogens with zero attached hydrogens (tertiary/aromatic N) is 1. The molecular formula is C12H12BrNO3. The number of Topliss-reactive ketones (excluding diaryl/α,β-unsaturated/α-hetero) is 1. The van der Waals surface area contributed by atoms with Crippen molar-refractivity contribution in [2.24, 2.45) is 0 Å². The molecule has 5 heteroatoms. The highest BCUT2D eigenvalue weighted by Gasteiger charge is 2.23. The van der Waals surface area contributed by atoms with E-state index in [9.17, 15) is 9.59 Å². The molecule has 17 heavy (non-hydrogen) atoms. The van der Waals surface area contributed by atoms with E-state index in [0.717, 1.165) is 4.47 Å². The summed E-state index contributed by atoms with van der Waals surface area (Å²) >= 11 is 3.32. The lowest BCUT2D eigenvalue weighted by atomic mass is 10.1. The summed E-state index contributed by atoms with van der Waals surface area (Å²) in [5, 5.41) is 0. The number of amides is 1. The molecule has 1 heterocycles. The summed E-state index contributed by atoms with van der Waals surface area (Å²) in [5.74, 6) is -0.165. The van der Waals surface area contributed by atoms with E-state index < -0.39 is 0 Å². The Morgan fingerprint density at radius 1 is 1.47 bits per heavy atom. The standard InChI is InChI=1S/C12H12BrNO3/c1-8(15)10-6-9(13)2-3-11(10)14-4-5-17-7-12(14)16/h2-3,6H,4-5,7H2,1H3. The number of carbonyl (C=O) groups excluding carboxylic acids is 2. The van der Waals surface area contributed by atoms with Gasteiger partial charge in [0.25, 0.3) is 5.91 Å². The van der Waals surface area contributed by atoms with Gasteiger partial charge in [0.2, 0.25) is 0 Å². The van der Waals surface area contributed by atoms with Crippen molar-refractivity contribution in [3.63, 3.8) is 0 Å². The predicted octanol–water partition coefficient (Wildman–Crippen LogP) is 2.01. The molecule has 0 unspecified atom stereocenters. The first kappa shape index (κ1) is 12.3. The van der Waals surface area contributed by atoms with Crippen molar-refractivity contribution in [1.82, 2.24) is 0 Å². The van der Waals surface area contributed by atoms with Gasteiger partial charge in [-0.05, 0) is 25.1 Å². The van der Waals surface area contributed by atoms with E-state index in [1.54, 1.807) is 17.0 Å². The molecule has 1 aliphatic rings. The fourth-order valence-corrected chi connectivity index (χ4v) is 2.16. The second-order valence-electron chi connectivity index (χ2n) is 3.82. The highest BCUT2D eigenvalue weighted by molar-refractivity contribution is 9.10.